The fraction of sp³-hybridized carbons (Fsp3) is 0.600. The van der Waals surface area contributed by atoms with Crippen LogP contribution in [0.15, 0.2) is 11.0 Å². The van der Waals surface area contributed by atoms with Crippen molar-refractivity contribution in [2.24, 2.45) is 0 Å². The third kappa shape index (κ3) is 2.36. The predicted octanol–water partition coefficient (Wildman–Crippen LogP) is -2.07. The maximum Gasteiger partial charge on any atom is 0.346 e. The van der Waals surface area contributed by atoms with E-state index in [9.17, 15) is 15.0 Å². The summed E-state index contributed by atoms with van der Waals surface area (Å²) in [5, 5.41) is 30.9. The number of ether oxygens (including phenoxy) is 1. The molecule has 0 spiro atoms. The highest BCUT2D eigenvalue weighted by Crippen LogP contribution is 2.22. The normalized spacial score (nSPS) is 31.6. The third-order valence-electron chi connectivity index (χ3n) is 2.82. The van der Waals surface area contributed by atoms with E-state index >= 15 is 0 Å². The Morgan fingerprint density at radius 3 is 2.83 bits per heavy atom. The number of anilines is 1. The van der Waals surface area contributed by atoms with Gasteiger partial charge in [-0.15, -0.1) is 0 Å². The van der Waals surface area contributed by atoms with E-state index in [1.807, 2.05) is 0 Å². The van der Waals surface area contributed by atoms with Crippen LogP contribution >= 0.6 is 0 Å². The van der Waals surface area contributed by atoms with Crippen LogP contribution in [0.2, 0.25) is 0 Å². The van der Waals surface area contributed by atoms with E-state index in [1.165, 1.54) is 6.20 Å². The molecular formula is C10H15N3O5. The van der Waals surface area contributed by atoms with E-state index in [0.717, 1.165) is 0 Å². The van der Waals surface area contributed by atoms with Gasteiger partial charge in [-0.25, -0.2) is 4.79 Å². The first-order chi connectivity index (χ1) is 8.52. The maximum absolute atomic E-state index is 11.1. The largest absolute Gasteiger partial charge is 0.394 e. The van der Waals surface area contributed by atoms with Crippen molar-refractivity contribution in [3.63, 3.8) is 0 Å². The number of aromatic amines is 1. The summed E-state index contributed by atoms with van der Waals surface area (Å²) < 4.78 is 5.22. The summed E-state index contributed by atoms with van der Waals surface area (Å²) in [4.78, 5) is 17.2. The second-order valence-corrected chi connectivity index (χ2v) is 4.14. The van der Waals surface area contributed by atoms with Crippen molar-refractivity contribution in [1.82, 2.24) is 9.97 Å². The molecule has 0 bridgehead atoms. The van der Waals surface area contributed by atoms with E-state index in [-0.39, 0.29) is 5.82 Å². The highest BCUT2D eigenvalue weighted by atomic mass is 16.6. The molecule has 1 saturated heterocycles. The molecule has 1 fully saturated rings. The van der Waals surface area contributed by atoms with Crippen LogP contribution < -0.4 is 11.0 Å². The zero-order valence-corrected chi connectivity index (χ0v) is 9.70. The SMILES string of the molecule is Cc1c[nH]c(=O)nc1N[C@H]1O[C@@H](CO)[C@H](O)[C@H]1O. The number of rotatable bonds is 3. The van der Waals surface area contributed by atoms with Crippen molar-refractivity contribution in [3.8, 4) is 0 Å². The van der Waals surface area contributed by atoms with Crippen LogP contribution in [0, 0.1) is 6.92 Å². The van der Waals surface area contributed by atoms with Crippen molar-refractivity contribution in [1.29, 1.82) is 0 Å². The van der Waals surface area contributed by atoms with Gasteiger partial charge in [-0.3, -0.25) is 0 Å². The molecule has 1 aromatic heterocycles. The molecule has 4 atom stereocenters. The molecule has 1 aliphatic heterocycles. The molecule has 2 heterocycles. The molecule has 0 radical (unpaired) electrons. The molecule has 8 nitrogen and oxygen atoms in total. The fourth-order valence-electron chi connectivity index (χ4n) is 1.76. The number of hydrogen-bond donors (Lipinski definition) is 5. The minimum absolute atomic E-state index is 0.258. The molecule has 2 rings (SSSR count). The molecule has 0 saturated carbocycles. The molecule has 1 aromatic rings. The number of aliphatic hydroxyl groups is 3. The van der Waals surface area contributed by atoms with Gasteiger partial charge >= 0.3 is 5.69 Å². The molecule has 0 unspecified atom stereocenters. The van der Waals surface area contributed by atoms with Gasteiger partial charge < -0.3 is 30.4 Å². The van der Waals surface area contributed by atoms with Crippen LogP contribution in [0.4, 0.5) is 5.82 Å². The molecule has 0 amide bonds. The first-order valence-corrected chi connectivity index (χ1v) is 5.48. The first-order valence-electron chi connectivity index (χ1n) is 5.48. The number of hydrogen-bond acceptors (Lipinski definition) is 7. The molecule has 18 heavy (non-hydrogen) atoms. The van der Waals surface area contributed by atoms with Gasteiger partial charge in [0.05, 0.1) is 6.61 Å². The van der Waals surface area contributed by atoms with E-state index in [2.05, 4.69) is 15.3 Å². The van der Waals surface area contributed by atoms with E-state index in [0.29, 0.717) is 5.56 Å². The molecule has 8 heteroatoms. The number of H-pyrrole nitrogens is 1. The topological polar surface area (TPSA) is 128 Å². The monoisotopic (exact) mass is 257 g/mol. The van der Waals surface area contributed by atoms with Gasteiger partial charge in [-0.1, -0.05) is 0 Å². The van der Waals surface area contributed by atoms with Gasteiger partial charge in [0.2, 0.25) is 0 Å². The Hall–Kier alpha value is -1.48. The number of nitrogens with one attached hydrogen (secondary N) is 2. The van der Waals surface area contributed by atoms with Crippen LogP contribution in [0.25, 0.3) is 0 Å². The molecular weight excluding hydrogens is 242 g/mol. The Labute approximate surface area is 102 Å². The summed E-state index contributed by atoms with van der Waals surface area (Å²) in [6.07, 6.45) is -2.71. The van der Waals surface area contributed by atoms with Crippen molar-refractivity contribution < 1.29 is 20.1 Å². The van der Waals surface area contributed by atoms with Crippen molar-refractivity contribution in [2.75, 3.05) is 11.9 Å². The Bertz CT molecular complexity index is 477. The maximum atomic E-state index is 11.1. The van der Waals surface area contributed by atoms with E-state index in [1.54, 1.807) is 6.92 Å². The van der Waals surface area contributed by atoms with Crippen LogP contribution in [0.1, 0.15) is 5.56 Å². The minimum atomic E-state index is -1.21. The van der Waals surface area contributed by atoms with E-state index < -0.39 is 36.8 Å². The number of aromatic nitrogens is 2. The van der Waals surface area contributed by atoms with Crippen molar-refractivity contribution >= 4 is 5.82 Å². The zero-order chi connectivity index (χ0) is 13.3. The summed E-state index contributed by atoms with van der Waals surface area (Å²) in [5.74, 6) is 0.258. The predicted molar refractivity (Wildman–Crippen MR) is 61.0 cm³/mol. The lowest BCUT2D eigenvalue weighted by atomic mass is 10.1. The molecule has 0 aromatic carbocycles. The summed E-state index contributed by atoms with van der Waals surface area (Å²) >= 11 is 0. The summed E-state index contributed by atoms with van der Waals surface area (Å²) in [5.41, 5.74) is 0.127. The third-order valence-corrected chi connectivity index (χ3v) is 2.82. The number of aryl methyl sites for hydroxylation is 1. The average Bonchev–Trinajstić information content (AvgIpc) is 2.62. The fourth-order valence-corrected chi connectivity index (χ4v) is 1.76. The second kappa shape index (κ2) is 5.02. The Kier molecular flexibility index (Phi) is 3.62. The lowest BCUT2D eigenvalue weighted by molar-refractivity contribution is -0.0154. The highest BCUT2D eigenvalue weighted by molar-refractivity contribution is 5.42. The quantitative estimate of drug-likeness (QED) is 0.421. The molecule has 5 N–H and O–H groups in total. The Morgan fingerprint density at radius 2 is 2.22 bits per heavy atom. The number of nitrogens with zero attached hydrogens (tertiary/aromatic N) is 1. The van der Waals surface area contributed by atoms with Crippen LogP contribution in [0.5, 0.6) is 0 Å². The van der Waals surface area contributed by atoms with Crippen molar-refractivity contribution in [2.45, 2.75) is 31.5 Å². The lowest BCUT2D eigenvalue weighted by Gasteiger charge is -2.17. The van der Waals surface area contributed by atoms with Gasteiger partial charge in [0.25, 0.3) is 0 Å². The lowest BCUT2D eigenvalue weighted by Crippen LogP contribution is -2.37. The van der Waals surface area contributed by atoms with Crippen LogP contribution in [-0.2, 0) is 4.74 Å². The van der Waals surface area contributed by atoms with Gasteiger partial charge in [-0.2, -0.15) is 4.98 Å². The molecule has 100 valence electrons. The number of aliphatic hydroxyl groups excluding tert-OH is 3. The Morgan fingerprint density at radius 1 is 1.50 bits per heavy atom. The Balaban J connectivity index is 2.15. The standard InChI is InChI=1S/C10H15N3O5/c1-4-2-11-10(17)13-8(4)12-9-7(16)6(15)5(3-14)18-9/h2,5-7,9,14-16H,3H2,1H3,(H2,11,12,13,17)/t5-,6-,7+,9-/m0/s1. The van der Waals surface area contributed by atoms with Gasteiger partial charge in [-0.05, 0) is 6.92 Å². The smallest absolute Gasteiger partial charge is 0.346 e. The summed E-state index contributed by atoms with van der Waals surface area (Å²) in [6.45, 7) is 1.31. The minimum Gasteiger partial charge on any atom is -0.394 e. The van der Waals surface area contributed by atoms with Gasteiger partial charge in [0, 0.05) is 11.8 Å². The molecule has 0 aliphatic carbocycles. The van der Waals surface area contributed by atoms with Gasteiger partial charge in [0.15, 0.2) is 6.23 Å². The van der Waals surface area contributed by atoms with Crippen LogP contribution in [0.3, 0.4) is 0 Å². The zero-order valence-electron chi connectivity index (χ0n) is 9.70. The second-order valence-electron chi connectivity index (χ2n) is 4.14. The van der Waals surface area contributed by atoms with Crippen molar-refractivity contribution in [3.05, 3.63) is 22.2 Å². The first kappa shape index (κ1) is 13.0. The highest BCUT2D eigenvalue weighted by Gasteiger charge is 2.42. The van der Waals surface area contributed by atoms with E-state index in [4.69, 9.17) is 9.84 Å². The van der Waals surface area contributed by atoms with Gasteiger partial charge in [0.1, 0.15) is 24.1 Å². The van der Waals surface area contributed by atoms with Crippen LogP contribution in [-0.4, -0.2) is 56.4 Å². The average molecular weight is 257 g/mol. The summed E-state index contributed by atoms with van der Waals surface area (Å²) in [7, 11) is 0. The molecule has 1 aliphatic rings. The summed E-state index contributed by atoms with van der Waals surface area (Å²) in [6, 6.07) is 0.